The highest BCUT2D eigenvalue weighted by atomic mass is 19.4. The molecular weight excluding hydrogens is 674 g/mol. The summed E-state index contributed by atoms with van der Waals surface area (Å²) in [6.45, 7) is 5.24. The van der Waals surface area contributed by atoms with Crippen molar-refractivity contribution in [3.63, 3.8) is 0 Å². The van der Waals surface area contributed by atoms with E-state index < -0.39 is 73.3 Å². The number of amides is 4. The Labute approximate surface area is 287 Å². The third-order valence-electron chi connectivity index (χ3n) is 8.23. The van der Waals surface area contributed by atoms with Gasteiger partial charge in [-0.1, -0.05) is 6.92 Å². The number of halogens is 6. The number of carbonyl (C=O) groups is 3. The number of alkyl halides is 6. The summed E-state index contributed by atoms with van der Waals surface area (Å²) in [4.78, 5) is 42.2. The summed E-state index contributed by atoms with van der Waals surface area (Å²) in [5.74, 6) is -1.68. The van der Waals surface area contributed by atoms with Gasteiger partial charge in [0.15, 0.2) is 0 Å². The number of hydrogen-bond donors (Lipinski definition) is 3. The van der Waals surface area contributed by atoms with Crippen LogP contribution in [0.1, 0.15) is 68.8 Å². The smallest absolute Gasteiger partial charge is 0.416 e. The van der Waals surface area contributed by atoms with Gasteiger partial charge in [0.25, 0.3) is 5.91 Å². The number of carbonyl (C=O) groups excluding carboxylic acids is 3. The van der Waals surface area contributed by atoms with Crippen LogP contribution in [0.4, 0.5) is 42.5 Å². The minimum Gasteiger partial charge on any atom is -0.490 e. The van der Waals surface area contributed by atoms with Crippen LogP contribution < -0.4 is 15.4 Å². The third-order valence-corrected chi connectivity index (χ3v) is 8.23. The standard InChI is InChI=1S/C34H44F6N4O6/c1-21-18-44(22(2)20-45)31(47)27-17-26(41-30(46)14-15-33(35,36)37)12-13-28(27)50-23(3)7-5-6-16-49-29(21)19-43(4)32(48)42-25-10-8-24(9-11-25)34(38,39)40/h8-13,17,21-23,29,45H,5-7,14-16,18-20H2,1-4H3,(H,41,46)(H,42,48)/t21-,22+,23-,29-/m0/s1. The number of nitrogens with one attached hydrogen (secondary N) is 2. The Morgan fingerprint density at radius 2 is 1.68 bits per heavy atom. The second-order valence-corrected chi connectivity index (χ2v) is 12.6. The molecule has 16 heteroatoms. The van der Waals surface area contributed by atoms with Crippen LogP contribution in [0.3, 0.4) is 0 Å². The Kier molecular flexibility index (Phi) is 14.3. The van der Waals surface area contributed by atoms with Gasteiger partial charge in [0.1, 0.15) is 5.75 Å². The second kappa shape index (κ2) is 17.7. The number of ether oxygens (including phenoxy) is 2. The lowest BCUT2D eigenvalue weighted by Gasteiger charge is -2.35. The number of rotatable bonds is 8. The number of aliphatic hydroxyl groups excluding tert-OH is 1. The zero-order valence-corrected chi connectivity index (χ0v) is 28.4. The zero-order valence-electron chi connectivity index (χ0n) is 28.4. The summed E-state index contributed by atoms with van der Waals surface area (Å²) in [6, 6.07) is 6.95. The lowest BCUT2D eigenvalue weighted by atomic mass is 10.0. The average Bonchev–Trinajstić information content (AvgIpc) is 3.04. The summed E-state index contributed by atoms with van der Waals surface area (Å²) in [5, 5.41) is 15.1. The van der Waals surface area contributed by atoms with E-state index in [-0.39, 0.29) is 41.9 Å². The Morgan fingerprint density at radius 1 is 1.02 bits per heavy atom. The van der Waals surface area contributed by atoms with E-state index in [1.807, 2.05) is 6.92 Å². The van der Waals surface area contributed by atoms with E-state index in [0.717, 1.165) is 24.3 Å². The molecule has 0 unspecified atom stereocenters. The van der Waals surface area contributed by atoms with Crippen LogP contribution in [0.25, 0.3) is 0 Å². The van der Waals surface area contributed by atoms with Gasteiger partial charge in [-0.15, -0.1) is 0 Å². The first-order valence-electron chi connectivity index (χ1n) is 16.3. The van der Waals surface area contributed by atoms with Crippen LogP contribution in [0.5, 0.6) is 5.75 Å². The van der Waals surface area contributed by atoms with Crippen molar-refractivity contribution >= 4 is 29.2 Å². The van der Waals surface area contributed by atoms with Crippen molar-refractivity contribution < 1.29 is 55.3 Å². The van der Waals surface area contributed by atoms with Crippen molar-refractivity contribution in [2.75, 3.05) is 44.0 Å². The van der Waals surface area contributed by atoms with E-state index in [2.05, 4.69) is 10.6 Å². The van der Waals surface area contributed by atoms with Gasteiger partial charge >= 0.3 is 18.4 Å². The number of benzene rings is 2. The molecule has 0 spiro atoms. The predicted octanol–water partition coefficient (Wildman–Crippen LogP) is 6.95. The van der Waals surface area contributed by atoms with Crippen LogP contribution in [0.15, 0.2) is 42.5 Å². The molecule has 278 valence electrons. The fourth-order valence-electron chi connectivity index (χ4n) is 5.26. The Hall–Kier alpha value is -4.05. The maximum atomic E-state index is 14.2. The highest BCUT2D eigenvalue weighted by Gasteiger charge is 2.33. The van der Waals surface area contributed by atoms with Gasteiger partial charge in [-0.3, -0.25) is 9.59 Å². The molecule has 0 aliphatic carbocycles. The normalized spacial score (nSPS) is 20.2. The SMILES string of the molecule is C[C@H](CO)N1C[C@H](C)[C@H](CN(C)C(=O)Nc2ccc(C(F)(F)F)cc2)OCCCC[C@H](C)Oc2ccc(NC(=O)CCC(F)(F)F)cc2C1=O. The summed E-state index contributed by atoms with van der Waals surface area (Å²) in [5.41, 5.74) is -0.574. The maximum Gasteiger partial charge on any atom is 0.416 e. The number of hydrogen-bond acceptors (Lipinski definition) is 6. The van der Waals surface area contributed by atoms with Crippen LogP contribution in [0.2, 0.25) is 0 Å². The van der Waals surface area contributed by atoms with E-state index in [4.69, 9.17) is 9.47 Å². The van der Waals surface area contributed by atoms with Crippen LogP contribution in [-0.2, 0) is 15.7 Å². The minimum atomic E-state index is -4.52. The second-order valence-electron chi connectivity index (χ2n) is 12.6. The van der Waals surface area contributed by atoms with Crippen molar-refractivity contribution in [1.29, 1.82) is 0 Å². The molecular formula is C34H44F6N4O6. The molecule has 0 fully saturated rings. The molecule has 0 saturated heterocycles. The van der Waals surface area contributed by atoms with Gasteiger partial charge in [-0.2, -0.15) is 26.3 Å². The first-order chi connectivity index (χ1) is 23.4. The maximum absolute atomic E-state index is 14.2. The molecule has 1 aliphatic rings. The molecule has 1 heterocycles. The Bertz CT molecular complexity index is 1440. The lowest BCUT2D eigenvalue weighted by Crippen LogP contribution is -2.48. The van der Waals surface area contributed by atoms with Crippen molar-refractivity contribution in [2.24, 2.45) is 5.92 Å². The molecule has 10 nitrogen and oxygen atoms in total. The van der Waals surface area contributed by atoms with Crippen molar-refractivity contribution in [2.45, 2.75) is 83.5 Å². The molecule has 0 aromatic heterocycles. The lowest BCUT2D eigenvalue weighted by molar-refractivity contribution is -0.142. The summed E-state index contributed by atoms with van der Waals surface area (Å²) < 4.78 is 89.2. The number of urea groups is 1. The van der Waals surface area contributed by atoms with Crippen molar-refractivity contribution in [3.8, 4) is 5.75 Å². The summed E-state index contributed by atoms with van der Waals surface area (Å²) >= 11 is 0. The van der Waals surface area contributed by atoms with E-state index in [1.165, 1.54) is 35.0 Å². The molecule has 4 amide bonds. The fraction of sp³-hybridized carbons (Fsp3) is 0.559. The van der Waals surface area contributed by atoms with Gasteiger partial charge in [-0.05, 0) is 75.6 Å². The van der Waals surface area contributed by atoms with Gasteiger partial charge in [0.05, 0.1) is 42.4 Å². The minimum absolute atomic E-state index is 0.0283. The van der Waals surface area contributed by atoms with Gasteiger partial charge in [-0.25, -0.2) is 4.79 Å². The average molecular weight is 719 g/mol. The number of likely N-dealkylation sites (N-methyl/N-ethyl adjacent to an activating group) is 1. The van der Waals surface area contributed by atoms with E-state index in [9.17, 15) is 45.8 Å². The van der Waals surface area contributed by atoms with E-state index >= 15 is 0 Å². The first kappa shape index (κ1) is 40.4. The predicted molar refractivity (Wildman–Crippen MR) is 174 cm³/mol. The molecule has 3 N–H and O–H groups in total. The fourth-order valence-corrected chi connectivity index (χ4v) is 5.26. The first-order valence-corrected chi connectivity index (χ1v) is 16.3. The monoisotopic (exact) mass is 718 g/mol. The van der Waals surface area contributed by atoms with E-state index in [1.54, 1.807) is 13.8 Å². The van der Waals surface area contributed by atoms with Gasteiger partial charge < -0.3 is 35.0 Å². The Morgan fingerprint density at radius 3 is 2.30 bits per heavy atom. The van der Waals surface area contributed by atoms with Crippen LogP contribution in [-0.4, -0.2) is 90.5 Å². The molecule has 0 bridgehead atoms. The molecule has 50 heavy (non-hydrogen) atoms. The molecule has 0 radical (unpaired) electrons. The molecule has 0 saturated carbocycles. The summed E-state index contributed by atoms with van der Waals surface area (Å²) in [7, 11) is 1.50. The Balaban J connectivity index is 1.85. The van der Waals surface area contributed by atoms with Gasteiger partial charge in [0.2, 0.25) is 5.91 Å². The van der Waals surface area contributed by atoms with E-state index in [0.29, 0.717) is 25.9 Å². The van der Waals surface area contributed by atoms with Crippen LogP contribution in [0, 0.1) is 5.92 Å². The van der Waals surface area contributed by atoms with Crippen molar-refractivity contribution in [3.05, 3.63) is 53.6 Å². The molecule has 3 rings (SSSR count). The third kappa shape index (κ3) is 12.4. The highest BCUT2D eigenvalue weighted by Crippen LogP contribution is 2.31. The molecule has 1 aliphatic heterocycles. The zero-order chi connectivity index (χ0) is 37.2. The topological polar surface area (TPSA) is 120 Å². The number of aliphatic hydroxyl groups is 1. The van der Waals surface area contributed by atoms with Crippen molar-refractivity contribution in [1.82, 2.24) is 9.80 Å². The molecule has 4 atom stereocenters. The highest BCUT2D eigenvalue weighted by molar-refractivity contribution is 5.99. The largest absolute Gasteiger partial charge is 0.490 e. The quantitative estimate of drug-likeness (QED) is 0.255. The molecule has 2 aromatic carbocycles. The number of nitrogens with zero attached hydrogens (tertiary/aromatic N) is 2. The molecule has 2 aromatic rings. The summed E-state index contributed by atoms with van der Waals surface area (Å²) in [6.07, 6.45) is -10.2. The number of anilines is 2. The number of fused-ring (bicyclic) bond motifs is 1. The van der Waals surface area contributed by atoms with Crippen LogP contribution >= 0.6 is 0 Å². The van der Waals surface area contributed by atoms with Gasteiger partial charge in [0, 0.05) is 50.5 Å².